The number of anilines is 1. The number of nitrogens with one attached hydrogen (secondary N) is 2. The van der Waals surface area contributed by atoms with Crippen molar-refractivity contribution in [1.82, 2.24) is 5.32 Å². The lowest BCUT2D eigenvalue weighted by atomic mass is 10.2. The van der Waals surface area contributed by atoms with Crippen molar-refractivity contribution in [2.75, 3.05) is 19.6 Å². The average molecular weight is 245 g/mol. The van der Waals surface area contributed by atoms with E-state index >= 15 is 0 Å². The average Bonchev–Trinajstić information content (AvgIpc) is 2.10. The van der Waals surface area contributed by atoms with Gasteiger partial charge in [-0.15, -0.1) is 0 Å². The predicted octanol–water partition coefficient (Wildman–Crippen LogP) is 2.14. The minimum atomic E-state index is 0.818. The summed E-state index contributed by atoms with van der Waals surface area (Å²) in [5, 5.41) is 3.09. The molecule has 0 spiro atoms. The zero-order valence-electron chi connectivity index (χ0n) is 7.73. The van der Waals surface area contributed by atoms with Crippen LogP contribution in [0.4, 0.5) is 5.69 Å². The van der Waals surface area contributed by atoms with Gasteiger partial charge in [0.05, 0.1) is 12.8 Å². The fourth-order valence-corrected chi connectivity index (χ4v) is 1.46. The zero-order valence-corrected chi connectivity index (χ0v) is 9.31. The molecule has 0 bridgehead atoms. The van der Waals surface area contributed by atoms with Gasteiger partial charge in [0.1, 0.15) is 0 Å². The summed E-state index contributed by atoms with van der Waals surface area (Å²) in [6.45, 7) is 0.818. The van der Waals surface area contributed by atoms with Crippen LogP contribution in [0.5, 0.6) is 0 Å². The van der Waals surface area contributed by atoms with Crippen molar-refractivity contribution < 1.29 is 4.84 Å². The summed E-state index contributed by atoms with van der Waals surface area (Å²) in [6, 6.07) is 6.03. The molecule has 1 rings (SSSR count). The van der Waals surface area contributed by atoms with Gasteiger partial charge in [0.25, 0.3) is 0 Å². The van der Waals surface area contributed by atoms with Crippen LogP contribution in [0.1, 0.15) is 5.56 Å². The lowest BCUT2D eigenvalue weighted by Gasteiger charge is -2.10. The van der Waals surface area contributed by atoms with Gasteiger partial charge in [0.2, 0.25) is 0 Å². The van der Waals surface area contributed by atoms with Crippen molar-refractivity contribution in [3.63, 3.8) is 0 Å². The van der Waals surface area contributed by atoms with Crippen LogP contribution < -0.4 is 10.8 Å². The third-order valence-corrected chi connectivity index (χ3v) is 2.14. The molecule has 2 N–H and O–H groups in total. The molecule has 0 aliphatic rings. The van der Waals surface area contributed by atoms with Crippen molar-refractivity contribution in [2.24, 2.45) is 0 Å². The first-order chi connectivity index (χ1) is 6.27. The van der Waals surface area contributed by atoms with Crippen molar-refractivity contribution in [1.29, 1.82) is 0 Å². The third-order valence-electron chi connectivity index (χ3n) is 1.65. The molecule has 0 aliphatic carbocycles. The Labute approximate surface area is 86.6 Å². The van der Waals surface area contributed by atoms with Crippen LogP contribution in [0, 0.1) is 0 Å². The first-order valence-corrected chi connectivity index (χ1v) is 4.79. The number of halogens is 1. The van der Waals surface area contributed by atoms with E-state index in [0.717, 1.165) is 16.7 Å². The summed E-state index contributed by atoms with van der Waals surface area (Å²) in [5.74, 6) is 0. The van der Waals surface area contributed by atoms with Gasteiger partial charge in [-0.25, -0.2) is 0 Å². The number of rotatable bonds is 4. The van der Waals surface area contributed by atoms with Crippen LogP contribution in [0.15, 0.2) is 22.7 Å². The Kier molecular flexibility index (Phi) is 4.21. The largest absolute Gasteiger partial charge is 0.316 e. The molecule has 3 nitrogen and oxygen atoms in total. The molecule has 0 saturated heterocycles. The lowest BCUT2D eigenvalue weighted by molar-refractivity contribution is 0.270. The molecule has 0 unspecified atom stereocenters. The normalized spacial score (nSPS) is 10.1. The summed E-state index contributed by atoms with van der Waals surface area (Å²) in [7, 11) is 3.52. The first-order valence-electron chi connectivity index (χ1n) is 4.00. The third kappa shape index (κ3) is 2.99. The Balaban J connectivity index is 2.89. The summed E-state index contributed by atoms with van der Waals surface area (Å²) >= 11 is 3.40. The van der Waals surface area contributed by atoms with E-state index < -0.39 is 0 Å². The minimum absolute atomic E-state index is 0.818. The van der Waals surface area contributed by atoms with Crippen LogP contribution >= 0.6 is 15.9 Å². The Morgan fingerprint density at radius 3 is 2.85 bits per heavy atom. The van der Waals surface area contributed by atoms with Gasteiger partial charge in [0, 0.05) is 11.0 Å². The van der Waals surface area contributed by atoms with Crippen molar-refractivity contribution in [3.8, 4) is 0 Å². The maximum atomic E-state index is 4.87. The monoisotopic (exact) mass is 244 g/mol. The smallest absolute Gasteiger partial charge is 0.0660 e. The highest BCUT2D eigenvalue weighted by Crippen LogP contribution is 2.21. The molecule has 0 heterocycles. The van der Waals surface area contributed by atoms with Gasteiger partial charge in [-0.05, 0) is 24.7 Å². The van der Waals surface area contributed by atoms with Crippen LogP contribution in [-0.2, 0) is 11.4 Å². The quantitative estimate of drug-likeness (QED) is 0.797. The molecule has 0 amide bonds. The zero-order chi connectivity index (χ0) is 9.68. The number of benzene rings is 1. The van der Waals surface area contributed by atoms with Gasteiger partial charge >= 0.3 is 0 Å². The molecule has 0 saturated carbocycles. The van der Waals surface area contributed by atoms with Crippen LogP contribution in [0.3, 0.4) is 0 Å². The Bertz CT molecular complexity index is 278. The minimum Gasteiger partial charge on any atom is -0.316 e. The Morgan fingerprint density at radius 1 is 1.46 bits per heavy atom. The molecule has 1 aromatic rings. The standard InChI is InChI=1S/C9H13BrN2O/c1-11-6-7-3-4-8(10)5-9(7)12-13-2/h3-5,11-12H,6H2,1-2H3. The van der Waals surface area contributed by atoms with E-state index in [1.54, 1.807) is 7.11 Å². The highest BCUT2D eigenvalue weighted by atomic mass is 79.9. The maximum absolute atomic E-state index is 4.87. The predicted molar refractivity (Wildman–Crippen MR) is 57.5 cm³/mol. The van der Waals surface area contributed by atoms with E-state index in [1.165, 1.54) is 5.56 Å². The van der Waals surface area contributed by atoms with Gasteiger partial charge < -0.3 is 5.32 Å². The van der Waals surface area contributed by atoms with E-state index in [4.69, 9.17) is 4.84 Å². The second-order valence-corrected chi connectivity index (χ2v) is 3.55. The molecule has 13 heavy (non-hydrogen) atoms. The molecule has 0 radical (unpaired) electrons. The van der Waals surface area contributed by atoms with Gasteiger partial charge in [-0.2, -0.15) is 0 Å². The molecule has 1 aromatic carbocycles. The van der Waals surface area contributed by atoms with Crippen molar-refractivity contribution in [2.45, 2.75) is 6.54 Å². The van der Waals surface area contributed by atoms with E-state index in [0.29, 0.717) is 0 Å². The molecule has 0 aromatic heterocycles. The van der Waals surface area contributed by atoms with Gasteiger partial charge in [0.15, 0.2) is 0 Å². The fourth-order valence-electron chi connectivity index (χ4n) is 1.10. The molecule has 4 heteroatoms. The number of hydrogen-bond donors (Lipinski definition) is 2. The van der Waals surface area contributed by atoms with Crippen LogP contribution in [0.2, 0.25) is 0 Å². The van der Waals surface area contributed by atoms with Gasteiger partial charge in [-0.3, -0.25) is 10.3 Å². The van der Waals surface area contributed by atoms with E-state index in [-0.39, 0.29) is 0 Å². The summed E-state index contributed by atoms with van der Waals surface area (Å²) in [4.78, 5) is 4.87. The highest BCUT2D eigenvalue weighted by Gasteiger charge is 2.01. The topological polar surface area (TPSA) is 33.3 Å². The van der Waals surface area contributed by atoms with E-state index in [1.807, 2.05) is 25.2 Å². The summed E-state index contributed by atoms with van der Waals surface area (Å²) < 4.78 is 1.03. The van der Waals surface area contributed by atoms with Crippen LogP contribution in [-0.4, -0.2) is 14.2 Å². The molecule has 72 valence electrons. The molecule has 0 atom stereocenters. The van der Waals surface area contributed by atoms with Crippen molar-refractivity contribution >= 4 is 21.6 Å². The Morgan fingerprint density at radius 2 is 2.23 bits per heavy atom. The molecular weight excluding hydrogens is 232 g/mol. The maximum Gasteiger partial charge on any atom is 0.0660 e. The summed E-state index contributed by atoms with van der Waals surface area (Å²) in [5.41, 5.74) is 4.98. The fraction of sp³-hybridized carbons (Fsp3) is 0.333. The molecular formula is C9H13BrN2O. The summed E-state index contributed by atoms with van der Waals surface area (Å²) in [6.07, 6.45) is 0. The Hall–Kier alpha value is -0.580. The SMILES string of the molecule is CNCc1ccc(Br)cc1NOC. The molecule has 0 aliphatic heterocycles. The molecule has 0 fully saturated rings. The van der Waals surface area contributed by atoms with Crippen LogP contribution in [0.25, 0.3) is 0 Å². The van der Waals surface area contributed by atoms with Crippen molar-refractivity contribution in [3.05, 3.63) is 28.2 Å². The van der Waals surface area contributed by atoms with E-state index in [2.05, 4.69) is 26.7 Å². The second-order valence-electron chi connectivity index (χ2n) is 2.64. The highest BCUT2D eigenvalue weighted by molar-refractivity contribution is 9.10. The number of hydrogen-bond acceptors (Lipinski definition) is 3. The van der Waals surface area contributed by atoms with Gasteiger partial charge in [-0.1, -0.05) is 22.0 Å². The second kappa shape index (κ2) is 5.21. The van der Waals surface area contributed by atoms with E-state index in [9.17, 15) is 0 Å². The lowest BCUT2D eigenvalue weighted by Crippen LogP contribution is -2.08. The first kappa shape index (κ1) is 10.5.